The summed E-state index contributed by atoms with van der Waals surface area (Å²) in [6.07, 6.45) is 0.449. The lowest BCUT2D eigenvalue weighted by Gasteiger charge is -2.12. The van der Waals surface area contributed by atoms with Gasteiger partial charge in [-0.05, 0) is 13.3 Å². The van der Waals surface area contributed by atoms with Crippen molar-refractivity contribution in [1.29, 1.82) is 0 Å². The highest BCUT2D eigenvalue weighted by molar-refractivity contribution is 7.95. The quantitative estimate of drug-likeness (QED) is 0.290. The van der Waals surface area contributed by atoms with Crippen LogP contribution in [-0.2, 0) is 28.4 Å². The molecule has 7 nitrogen and oxygen atoms in total. The van der Waals surface area contributed by atoms with Gasteiger partial charge < -0.3 is 9.47 Å². The molecule has 0 aliphatic rings. The van der Waals surface area contributed by atoms with Crippen LogP contribution < -0.4 is 0 Å². The predicted octanol–water partition coefficient (Wildman–Crippen LogP) is 1.33. The first-order chi connectivity index (χ1) is 8.15. The summed E-state index contributed by atoms with van der Waals surface area (Å²) in [5.41, 5.74) is 0. The van der Waals surface area contributed by atoms with Crippen molar-refractivity contribution in [2.24, 2.45) is 0 Å². The van der Waals surface area contributed by atoms with Crippen LogP contribution in [-0.4, -0.2) is 35.7 Å². The largest absolute Gasteiger partial charge is 0.466 e. The third-order valence-electron chi connectivity index (χ3n) is 1.55. The van der Waals surface area contributed by atoms with Gasteiger partial charge in [0, 0.05) is 0 Å². The lowest BCUT2D eigenvalue weighted by atomic mass is 10.3. The van der Waals surface area contributed by atoms with Gasteiger partial charge in [-0.25, -0.2) is 5.26 Å². The SMILES string of the molecule is CCCOC(=O)C(CC(=O)OCC)SOOO. The van der Waals surface area contributed by atoms with E-state index in [1.54, 1.807) is 6.92 Å². The number of carbonyl (C=O) groups is 2. The van der Waals surface area contributed by atoms with E-state index in [0.29, 0.717) is 18.5 Å². The Hall–Kier alpha value is -0.830. The molecule has 0 aromatic rings. The minimum atomic E-state index is -0.937. The van der Waals surface area contributed by atoms with Crippen molar-refractivity contribution in [2.75, 3.05) is 13.2 Å². The first-order valence-electron chi connectivity index (χ1n) is 5.11. The summed E-state index contributed by atoms with van der Waals surface area (Å²) in [5, 5.41) is 10.4. The van der Waals surface area contributed by atoms with E-state index in [0.717, 1.165) is 0 Å². The Kier molecular flexibility index (Phi) is 9.83. The van der Waals surface area contributed by atoms with Crippen LogP contribution >= 0.6 is 12.0 Å². The molecular formula is C9H16O7S. The molecule has 1 atom stereocenters. The highest BCUT2D eigenvalue weighted by Crippen LogP contribution is 2.18. The van der Waals surface area contributed by atoms with E-state index in [-0.39, 0.29) is 19.6 Å². The summed E-state index contributed by atoms with van der Waals surface area (Å²) in [6.45, 7) is 3.97. The van der Waals surface area contributed by atoms with Gasteiger partial charge in [-0.2, -0.15) is 0 Å². The molecule has 1 unspecified atom stereocenters. The van der Waals surface area contributed by atoms with Crippen LogP contribution in [0.2, 0.25) is 0 Å². The Balaban J connectivity index is 4.20. The third-order valence-corrected chi connectivity index (χ3v) is 2.29. The Morgan fingerprint density at radius 3 is 2.53 bits per heavy atom. The summed E-state index contributed by atoms with van der Waals surface area (Å²) in [7, 11) is 0. The maximum absolute atomic E-state index is 11.5. The van der Waals surface area contributed by atoms with Gasteiger partial charge in [0.25, 0.3) is 0 Å². The second kappa shape index (κ2) is 10.3. The molecule has 1 N–H and O–H groups in total. The third kappa shape index (κ3) is 7.97. The second-order valence-electron chi connectivity index (χ2n) is 2.90. The predicted molar refractivity (Wildman–Crippen MR) is 58.7 cm³/mol. The van der Waals surface area contributed by atoms with Gasteiger partial charge in [0.1, 0.15) is 5.25 Å². The molecule has 8 heteroatoms. The van der Waals surface area contributed by atoms with Crippen molar-refractivity contribution in [3.8, 4) is 0 Å². The van der Waals surface area contributed by atoms with Crippen LogP contribution in [0.1, 0.15) is 26.7 Å². The van der Waals surface area contributed by atoms with Gasteiger partial charge in [-0.1, -0.05) is 12.0 Å². The van der Waals surface area contributed by atoms with Gasteiger partial charge in [0.05, 0.1) is 31.7 Å². The molecule has 0 aromatic carbocycles. The Labute approximate surface area is 103 Å². The van der Waals surface area contributed by atoms with E-state index in [9.17, 15) is 9.59 Å². The summed E-state index contributed by atoms with van der Waals surface area (Å²) in [6, 6.07) is 0. The number of carbonyl (C=O) groups excluding carboxylic acids is 2. The van der Waals surface area contributed by atoms with Crippen LogP contribution in [0.25, 0.3) is 0 Å². The molecular weight excluding hydrogens is 252 g/mol. The first kappa shape index (κ1) is 16.2. The number of ether oxygens (including phenoxy) is 2. The summed E-state index contributed by atoms with van der Waals surface area (Å²) >= 11 is 0.487. The van der Waals surface area contributed by atoms with Crippen molar-refractivity contribution in [3.63, 3.8) is 0 Å². The Bertz CT molecular complexity index is 233. The molecule has 0 saturated carbocycles. The van der Waals surface area contributed by atoms with Crippen LogP contribution in [0.3, 0.4) is 0 Å². The molecule has 0 bridgehead atoms. The fraction of sp³-hybridized carbons (Fsp3) is 0.778. The van der Waals surface area contributed by atoms with E-state index < -0.39 is 17.2 Å². The highest BCUT2D eigenvalue weighted by Gasteiger charge is 2.26. The van der Waals surface area contributed by atoms with Crippen molar-refractivity contribution in [1.82, 2.24) is 0 Å². The summed E-state index contributed by atoms with van der Waals surface area (Å²) in [4.78, 5) is 22.7. The molecule has 0 aliphatic heterocycles. The monoisotopic (exact) mass is 268 g/mol. The maximum atomic E-state index is 11.5. The number of hydrogen-bond acceptors (Lipinski definition) is 8. The van der Waals surface area contributed by atoms with E-state index in [1.807, 2.05) is 6.92 Å². The van der Waals surface area contributed by atoms with Crippen molar-refractivity contribution in [3.05, 3.63) is 0 Å². The summed E-state index contributed by atoms with van der Waals surface area (Å²) in [5.74, 6) is -1.18. The van der Waals surface area contributed by atoms with Crippen LogP contribution in [0.4, 0.5) is 0 Å². The highest BCUT2D eigenvalue weighted by atomic mass is 32.2. The number of rotatable bonds is 9. The zero-order valence-corrected chi connectivity index (χ0v) is 10.5. The van der Waals surface area contributed by atoms with E-state index in [4.69, 9.17) is 9.99 Å². The standard InChI is InChI=1S/C9H16O7S/c1-3-5-14-9(11)7(17-16-15-12)6-8(10)13-4-2/h7,12H,3-6H2,1-2H3. The molecule has 0 aliphatic carbocycles. The molecule has 0 radical (unpaired) electrons. The van der Waals surface area contributed by atoms with Gasteiger partial charge >= 0.3 is 11.9 Å². The second-order valence-corrected chi connectivity index (χ2v) is 3.80. The molecule has 100 valence electrons. The summed E-state index contributed by atoms with van der Waals surface area (Å²) < 4.78 is 13.7. The molecule has 0 amide bonds. The fourth-order valence-electron chi connectivity index (χ4n) is 0.889. The van der Waals surface area contributed by atoms with Gasteiger partial charge in [0.2, 0.25) is 0 Å². The van der Waals surface area contributed by atoms with Crippen LogP contribution in [0, 0.1) is 0 Å². The molecule has 17 heavy (non-hydrogen) atoms. The fourth-order valence-corrected chi connectivity index (χ4v) is 1.37. The van der Waals surface area contributed by atoms with Crippen LogP contribution in [0.15, 0.2) is 0 Å². The van der Waals surface area contributed by atoms with E-state index in [2.05, 4.69) is 14.1 Å². The lowest BCUT2D eigenvalue weighted by molar-refractivity contribution is -0.432. The minimum Gasteiger partial charge on any atom is -0.466 e. The number of hydrogen-bond donors (Lipinski definition) is 1. The van der Waals surface area contributed by atoms with Crippen molar-refractivity contribution in [2.45, 2.75) is 31.9 Å². The average molecular weight is 268 g/mol. The van der Waals surface area contributed by atoms with Gasteiger partial charge in [0.15, 0.2) is 0 Å². The molecule has 0 heterocycles. The smallest absolute Gasteiger partial charge is 0.322 e. The maximum Gasteiger partial charge on any atom is 0.322 e. The van der Waals surface area contributed by atoms with Crippen molar-refractivity contribution >= 4 is 24.0 Å². The van der Waals surface area contributed by atoms with Crippen molar-refractivity contribution < 1.29 is 33.7 Å². The zero-order valence-electron chi connectivity index (χ0n) is 9.71. The van der Waals surface area contributed by atoms with Crippen LogP contribution in [0.5, 0.6) is 0 Å². The lowest BCUT2D eigenvalue weighted by Crippen LogP contribution is -2.25. The van der Waals surface area contributed by atoms with Gasteiger partial charge in [-0.3, -0.25) is 9.59 Å². The molecule has 0 fully saturated rings. The van der Waals surface area contributed by atoms with E-state index >= 15 is 0 Å². The average Bonchev–Trinajstić information content (AvgIpc) is 2.31. The Morgan fingerprint density at radius 2 is 2.00 bits per heavy atom. The molecule has 0 spiro atoms. The minimum absolute atomic E-state index is 0.218. The van der Waals surface area contributed by atoms with E-state index in [1.165, 1.54) is 0 Å². The molecule has 0 rings (SSSR count). The molecule has 0 aromatic heterocycles. The zero-order chi connectivity index (χ0) is 13.1. The molecule has 0 saturated heterocycles. The number of esters is 2. The normalized spacial score (nSPS) is 11.9. The van der Waals surface area contributed by atoms with Gasteiger partial charge in [-0.15, -0.1) is 4.33 Å². The topological polar surface area (TPSA) is 91.3 Å². The Morgan fingerprint density at radius 1 is 1.29 bits per heavy atom. The first-order valence-corrected chi connectivity index (χ1v) is 5.91.